The summed E-state index contributed by atoms with van der Waals surface area (Å²) >= 11 is 0. The number of nitrogens with one attached hydrogen (secondary N) is 1. The quantitative estimate of drug-likeness (QED) is 0.788. The van der Waals surface area contributed by atoms with E-state index in [0.717, 1.165) is 12.8 Å². The largest absolute Gasteiger partial charge is 0.480 e. The highest BCUT2D eigenvalue weighted by molar-refractivity contribution is 5.93. The van der Waals surface area contributed by atoms with Gasteiger partial charge in [-0.2, -0.15) is 0 Å². The lowest BCUT2D eigenvalue weighted by Gasteiger charge is -2.15. The van der Waals surface area contributed by atoms with Gasteiger partial charge in [0.1, 0.15) is 12.2 Å². The van der Waals surface area contributed by atoms with Crippen LogP contribution in [-0.4, -0.2) is 27.6 Å². The summed E-state index contributed by atoms with van der Waals surface area (Å²) in [6.45, 7) is 3.81. The van der Waals surface area contributed by atoms with Crippen molar-refractivity contribution < 1.29 is 14.7 Å². The second-order valence-corrected chi connectivity index (χ2v) is 3.90. The number of hydrogen-bond acceptors (Lipinski definition) is 2. The third-order valence-electron chi connectivity index (χ3n) is 2.69. The average molecular weight is 238 g/mol. The molecule has 0 aliphatic rings. The molecule has 1 aromatic heterocycles. The summed E-state index contributed by atoms with van der Waals surface area (Å²) in [5.41, 5.74) is 0.388. The molecule has 5 heteroatoms. The Morgan fingerprint density at radius 1 is 1.41 bits per heavy atom. The lowest BCUT2D eigenvalue weighted by Crippen LogP contribution is -2.35. The molecule has 0 aliphatic heterocycles. The SMILES string of the molecule is CCC(CC)NC(=O)c1cccn1CC(=O)O. The van der Waals surface area contributed by atoms with Gasteiger partial charge in [0.2, 0.25) is 0 Å². The van der Waals surface area contributed by atoms with Crippen molar-refractivity contribution in [1.82, 2.24) is 9.88 Å². The molecule has 0 fully saturated rings. The van der Waals surface area contributed by atoms with Gasteiger partial charge in [0, 0.05) is 12.2 Å². The van der Waals surface area contributed by atoms with Gasteiger partial charge in [0.25, 0.3) is 5.91 Å². The summed E-state index contributed by atoms with van der Waals surface area (Å²) in [6.07, 6.45) is 3.32. The molecule has 0 bridgehead atoms. The lowest BCUT2D eigenvalue weighted by atomic mass is 10.1. The highest BCUT2D eigenvalue weighted by Crippen LogP contribution is 2.05. The van der Waals surface area contributed by atoms with E-state index in [2.05, 4.69) is 5.32 Å². The summed E-state index contributed by atoms with van der Waals surface area (Å²) in [4.78, 5) is 22.5. The van der Waals surface area contributed by atoms with Gasteiger partial charge in [-0.3, -0.25) is 9.59 Å². The van der Waals surface area contributed by atoms with Crippen LogP contribution in [0.15, 0.2) is 18.3 Å². The van der Waals surface area contributed by atoms with Crippen LogP contribution in [0.2, 0.25) is 0 Å². The number of rotatable bonds is 6. The van der Waals surface area contributed by atoms with Crippen molar-refractivity contribution in [3.63, 3.8) is 0 Å². The van der Waals surface area contributed by atoms with Crippen molar-refractivity contribution in [2.45, 2.75) is 39.3 Å². The van der Waals surface area contributed by atoms with E-state index in [9.17, 15) is 9.59 Å². The molecule has 0 saturated carbocycles. The number of nitrogens with zero attached hydrogens (tertiary/aromatic N) is 1. The number of amides is 1. The van der Waals surface area contributed by atoms with Gasteiger partial charge >= 0.3 is 5.97 Å². The molecule has 1 rings (SSSR count). The zero-order chi connectivity index (χ0) is 12.8. The monoisotopic (exact) mass is 238 g/mol. The Hall–Kier alpha value is -1.78. The van der Waals surface area contributed by atoms with Crippen LogP contribution in [0.5, 0.6) is 0 Å². The van der Waals surface area contributed by atoms with Crippen molar-refractivity contribution in [1.29, 1.82) is 0 Å². The minimum Gasteiger partial charge on any atom is -0.480 e. The van der Waals surface area contributed by atoms with Gasteiger partial charge in [-0.1, -0.05) is 13.8 Å². The molecule has 0 atom stereocenters. The summed E-state index contributed by atoms with van der Waals surface area (Å²) in [5.74, 6) is -1.18. The van der Waals surface area contributed by atoms with Gasteiger partial charge < -0.3 is 15.0 Å². The van der Waals surface area contributed by atoms with Crippen molar-refractivity contribution in [2.24, 2.45) is 0 Å². The van der Waals surface area contributed by atoms with Crippen LogP contribution in [0, 0.1) is 0 Å². The molecule has 0 unspecified atom stereocenters. The molecule has 1 aromatic rings. The van der Waals surface area contributed by atoms with Crippen molar-refractivity contribution in [2.75, 3.05) is 0 Å². The molecule has 1 amide bonds. The Balaban J connectivity index is 2.75. The minimum atomic E-state index is -0.960. The third-order valence-corrected chi connectivity index (χ3v) is 2.69. The molecule has 94 valence electrons. The second-order valence-electron chi connectivity index (χ2n) is 3.90. The molecular weight excluding hydrogens is 220 g/mol. The molecule has 0 aromatic carbocycles. The number of carboxylic acid groups (broad SMARTS) is 1. The first-order valence-electron chi connectivity index (χ1n) is 5.76. The Morgan fingerprint density at radius 2 is 2.06 bits per heavy atom. The molecule has 2 N–H and O–H groups in total. The second kappa shape index (κ2) is 6.08. The van der Waals surface area contributed by atoms with Crippen LogP contribution >= 0.6 is 0 Å². The minimum absolute atomic E-state index is 0.135. The normalized spacial score (nSPS) is 10.5. The van der Waals surface area contributed by atoms with Crippen LogP contribution in [0.1, 0.15) is 37.2 Å². The number of carbonyl (C=O) groups excluding carboxylic acids is 1. The predicted octanol–water partition coefficient (Wildman–Crippen LogP) is 1.49. The molecule has 0 aliphatic carbocycles. The molecule has 5 nitrogen and oxygen atoms in total. The van der Waals surface area contributed by atoms with E-state index in [1.54, 1.807) is 18.3 Å². The van der Waals surface area contributed by atoms with Crippen molar-refractivity contribution >= 4 is 11.9 Å². The molecule has 0 radical (unpaired) electrons. The van der Waals surface area contributed by atoms with Crippen LogP contribution in [0.25, 0.3) is 0 Å². The summed E-state index contributed by atoms with van der Waals surface area (Å²) in [5, 5.41) is 11.6. The molecule has 0 saturated heterocycles. The number of aliphatic carboxylic acids is 1. The van der Waals surface area contributed by atoms with Gasteiger partial charge in [0.05, 0.1) is 0 Å². The summed E-state index contributed by atoms with van der Waals surface area (Å²) in [6, 6.07) is 3.43. The van der Waals surface area contributed by atoms with Gasteiger partial charge in [-0.15, -0.1) is 0 Å². The van der Waals surface area contributed by atoms with E-state index in [0.29, 0.717) is 5.69 Å². The first-order valence-corrected chi connectivity index (χ1v) is 5.76. The maximum absolute atomic E-state index is 11.9. The predicted molar refractivity (Wildman–Crippen MR) is 63.9 cm³/mol. The summed E-state index contributed by atoms with van der Waals surface area (Å²) < 4.78 is 1.43. The highest BCUT2D eigenvalue weighted by atomic mass is 16.4. The van der Waals surface area contributed by atoms with E-state index < -0.39 is 5.97 Å². The molecule has 0 spiro atoms. The highest BCUT2D eigenvalue weighted by Gasteiger charge is 2.15. The molecule has 17 heavy (non-hydrogen) atoms. The number of aromatic nitrogens is 1. The van der Waals surface area contributed by atoms with Gasteiger partial charge in [-0.25, -0.2) is 0 Å². The van der Waals surface area contributed by atoms with E-state index in [1.165, 1.54) is 4.57 Å². The first-order chi connectivity index (χ1) is 8.08. The number of carbonyl (C=O) groups is 2. The fraction of sp³-hybridized carbons (Fsp3) is 0.500. The van der Waals surface area contributed by atoms with Crippen LogP contribution in [0.3, 0.4) is 0 Å². The van der Waals surface area contributed by atoms with E-state index in [4.69, 9.17) is 5.11 Å². The fourth-order valence-electron chi connectivity index (χ4n) is 1.66. The topological polar surface area (TPSA) is 71.3 Å². The van der Waals surface area contributed by atoms with Crippen LogP contribution < -0.4 is 5.32 Å². The Kier molecular flexibility index (Phi) is 4.75. The van der Waals surface area contributed by atoms with Gasteiger partial charge in [0.15, 0.2) is 0 Å². The van der Waals surface area contributed by atoms with E-state index in [1.807, 2.05) is 13.8 Å². The summed E-state index contributed by atoms with van der Waals surface area (Å²) in [7, 11) is 0. The number of hydrogen-bond donors (Lipinski definition) is 2. The lowest BCUT2D eigenvalue weighted by molar-refractivity contribution is -0.137. The van der Waals surface area contributed by atoms with E-state index >= 15 is 0 Å². The van der Waals surface area contributed by atoms with Crippen LogP contribution in [-0.2, 0) is 11.3 Å². The van der Waals surface area contributed by atoms with Crippen LogP contribution in [0.4, 0.5) is 0 Å². The van der Waals surface area contributed by atoms with Crippen molar-refractivity contribution in [3.8, 4) is 0 Å². The Labute approximate surface area is 100 Å². The van der Waals surface area contributed by atoms with Crippen molar-refractivity contribution in [3.05, 3.63) is 24.0 Å². The Morgan fingerprint density at radius 3 is 2.59 bits per heavy atom. The molecular formula is C12H18N2O3. The maximum Gasteiger partial charge on any atom is 0.323 e. The number of carboxylic acids is 1. The van der Waals surface area contributed by atoms with E-state index in [-0.39, 0.29) is 18.5 Å². The Bertz CT molecular complexity index is 394. The maximum atomic E-state index is 11.9. The standard InChI is InChI=1S/C12H18N2O3/c1-3-9(4-2)13-12(17)10-6-5-7-14(10)8-11(15)16/h5-7,9H,3-4,8H2,1-2H3,(H,13,17)(H,15,16). The molecule has 1 heterocycles. The third kappa shape index (κ3) is 3.62. The first kappa shape index (κ1) is 13.3. The fourth-order valence-corrected chi connectivity index (χ4v) is 1.66. The zero-order valence-corrected chi connectivity index (χ0v) is 10.1. The zero-order valence-electron chi connectivity index (χ0n) is 10.1. The average Bonchev–Trinajstić information content (AvgIpc) is 2.72. The smallest absolute Gasteiger partial charge is 0.323 e. The van der Waals surface area contributed by atoms with Gasteiger partial charge in [-0.05, 0) is 25.0 Å².